The number of carbonyl (C=O) groups excluding carboxylic acids is 1. The highest BCUT2D eigenvalue weighted by Crippen LogP contribution is 2.36. The van der Waals surface area contributed by atoms with Crippen molar-refractivity contribution in [2.45, 2.75) is 38.2 Å². The van der Waals surface area contributed by atoms with E-state index in [0.29, 0.717) is 37.9 Å². The summed E-state index contributed by atoms with van der Waals surface area (Å²) in [4.78, 5) is 16.6. The maximum Gasteiger partial charge on any atom is 0.508 e. The second kappa shape index (κ2) is 10.2. The molecule has 9 heteroatoms. The molecule has 7 nitrogen and oxygen atoms in total. The fourth-order valence-electron chi connectivity index (χ4n) is 3.74. The number of rotatable bonds is 8. The van der Waals surface area contributed by atoms with Crippen LogP contribution in [0.2, 0.25) is 0 Å². The molecule has 0 radical (unpaired) electrons. The highest BCUT2D eigenvalue weighted by atomic mass is 32.2. The van der Waals surface area contributed by atoms with Crippen LogP contribution in [0, 0.1) is 5.82 Å². The molecule has 1 aliphatic rings. The standard InChI is InChI=1S/C22H27FN2O5S/c1-2-14-31(27,28)25-12-9-22(10-13-25,20-8-3-4-11-24-20)17-30-21(26)29-16-18-6-5-7-19(23)15-18/h3-8,11,15H,2,9-10,12-14,16-17H2,1H3. The van der Waals surface area contributed by atoms with Crippen molar-refractivity contribution in [1.82, 2.24) is 9.29 Å². The molecule has 0 aliphatic carbocycles. The van der Waals surface area contributed by atoms with E-state index in [1.807, 2.05) is 19.1 Å². The fourth-order valence-corrected chi connectivity index (χ4v) is 5.25. The summed E-state index contributed by atoms with van der Waals surface area (Å²) in [5.74, 6) is -0.291. The predicted octanol–water partition coefficient (Wildman–Crippen LogP) is 3.65. The SMILES string of the molecule is CCCS(=O)(=O)N1CCC(COC(=O)OCc2cccc(F)c2)(c2ccccn2)CC1. The molecule has 0 bridgehead atoms. The van der Waals surface area contributed by atoms with E-state index in [0.717, 1.165) is 5.69 Å². The van der Waals surface area contributed by atoms with Gasteiger partial charge in [-0.25, -0.2) is 21.9 Å². The monoisotopic (exact) mass is 450 g/mol. The third-order valence-electron chi connectivity index (χ3n) is 5.46. The molecule has 1 fully saturated rings. The van der Waals surface area contributed by atoms with Gasteiger partial charge in [0.2, 0.25) is 10.0 Å². The summed E-state index contributed by atoms with van der Waals surface area (Å²) in [7, 11) is -3.29. The van der Waals surface area contributed by atoms with E-state index in [4.69, 9.17) is 9.47 Å². The van der Waals surface area contributed by atoms with Crippen LogP contribution in [0.4, 0.5) is 9.18 Å². The first-order valence-corrected chi connectivity index (χ1v) is 11.9. The molecule has 1 aromatic heterocycles. The first-order chi connectivity index (χ1) is 14.8. The Kier molecular flexibility index (Phi) is 7.61. The zero-order chi connectivity index (χ0) is 22.3. The lowest BCUT2D eigenvalue weighted by Gasteiger charge is -2.40. The topological polar surface area (TPSA) is 85.8 Å². The lowest BCUT2D eigenvalue weighted by molar-refractivity contribution is 0.0238. The highest BCUT2D eigenvalue weighted by molar-refractivity contribution is 7.89. The maximum absolute atomic E-state index is 13.3. The molecule has 168 valence electrons. The van der Waals surface area contributed by atoms with Gasteiger partial charge < -0.3 is 9.47 Å². The molecule has 2 aromatic rings. The Hall–Kier alpha value is -2.52. The van der Waals surface area contributed by atoms with E-state index < -0.39 is 27.4 Å². The number of pyridine rings is 1. The molecule has 0 saturated carbocycles. The van der Waals surface area contributed by atoms with Gasteiger partial charge in [0, 0.05) is 30.4 Å². The number of piperidine rings is 1. The molecule has 31 heavy (non-hydrogen) atoms. The van der Waals surface area contributed by atoms with Crippen molar-refractivity contribution in [3.63, 3.8) is 0 Å². The second-order valence-corrected chi connectivity index (χ2v) is 9.76. The number of halogens is 1. The van der Waals surface area contributed by atoms with Gasteiger partial charge in [-0.1, -0.05) is 25.1 Å². The van der Waals surface area contributed by atoms with Crippen LogP contribution in [0.5, 0.6) is 0 Å². The van der Waals surface area contributed by atoms with Gasteiger partial charge in [-0.2, -0.15) is 0 Å². The normalized spacial score (nSPS) is 16.6. The Morgan fingerprint density at radius 2 is 1.94 bits per heavy atom. The molecule has 0 atom stereocenters. The third-order valence-corrected chi connectivity index (χ3v) is 7.53. The summed E-state index contributed by atoms with van der Waals surface area (Å²) < 4.78 is 50.1. The summed E-state index contributed by atoms with van der Waals surface area (Å²) in [6.07, 6.45) is 2.32. The van der Waals surface area contributed by atoms with Crippen LogP contribution >= 0.6 is 0 Å². The molecule has 0 N–H and O–H groups in total. The molecule has 3 rings (SSSR count). The van der Waals surface area contributed by atoms with Crippen molar-refractivity contribution >= 4 is 16.2 Å². The summed E-state index contributed by atoms with van der Waals surface area (Å²) in [5.41, 5.74) is 0.670. The zero-order valence-electron chi connectivity index (χ0n) is 17.5. The van der Waals surface area contributed by atoms with E-state index in [1.54, 1.807) is 18.3 Å². The van der Waals surface area contributed by atoms with Crippen LogP contribution in [0.15, 0.2) is 48.7 Å². The van der Waals surface area contributed by atoms with Gasteiger partial charge in [0.25, 0.3) is 0 Å². The van der Waals surface area contributed by atoms with Crippen LogP contribution < -0.4 is 0 Å². The first kappa shape index (κ1) is 23.1. The second-order valence-electron chi connectivity index (χ2n) is 7.67. The number of hydrogen-bond donors (Lipinski definition) is 0. The molecule has 0 spiro atoms. The molecule has 0 amide bonds. The lowest BCUT2D eigenvalue weighted by atomic mass is 9.76. The van der Waals surface area contributed by atoms with Crippen LogP contribution in [0.25, 0.3) is 0 Å². The third kappa shape index (κ3) is 6.01. The Labute approximate surface area is 182 Å². The number of sulfonamides is 1. The quantitative estimate of drug-likeness (QED) is 0.571. The van der Waals surface area contributed by atoms with Gasteiger partial charge in [0.05, 0.1) is 5.75 Å². The maximum atomic E-state index is 13.3. The van der Waals surface area contributed by atoms with Crippen LogP contribution in [-0.2, 0) is 31.5 Å². The van der Waals surface area contributed by atoms with Crippen molar-refractivity contribution < 1.29 is 27.1 Å². The lowest BCUT2D eigenvalue weighted by Crippen LogP contribution is -2.48. The minimum absolute atomic E-state index is 0.0215. The summed E-state index contributed by atoms with van der Waals surface area (Å²) >= 11 is 0. The van der Waals surface area contributed by atoms with Gasteiger partial charge in [-0.05, 0) is 49.1 Å². The molecular formula is C22H27FN2O5S. The van der Waals surface area contributed by atoms with Gasteiger partial charge in [0.15, 0.2) is 0 Å². The fraction of sp³-hybridized carbons (Fsp3) is 0.455. The largest absolute Gasteiger partial charge is 0.508 e. The van der Waals surface area contributed by atoms with Gasteiger partial charge in [-0.3, -0.25) is 4.98 Å². The first-order valence-electron chi connectivity index (χ1n) is 10.3. The van der Waals surface area contributed by atoms with Crippen molar-refractivity contribution in [2.75, 3.05) is 25.4 Å². The number of ether oxygens (including phenoxy) is 2. The number of hydrogen-bond acceptors (Lipinski definition) is 6. The average molecular weight is 451 g/mol. The molecule has 1 aliphatic heterocycles. The van der Waals surface area contributed by atoms with Gasteiger partial charge in [-0.15, -0.1) is 0 Å². The molecule has 2 heterocycles. The molecule has 1 saturated heterocycles. The van der Waals surface area contributed by atoms with Crippen molar-refractivity contribution in [1.29, 1.82) is 0 Å². The minimum Gasteiger partial charge on any atom is -0.433 e. The number of carbonyl (C=O) groups is 1. The smallest absolute Gasteiger partial charge is 0.433 e. The molecule has 1 aromatic carbocycles. The van der Waals surface area contributed by atoms with Crippen molar-refractivity contribution in [2.24, 2.45) is 0 Å². The van der Waals surface area contributed by atoms with Crippen molar-refractivity contribution in [3.05, 3.63) is 65.7 Å². The Balaban J connectivity index is 1.64. The van der Waals surface area contributed by atoms with E-state index in [-0.39, 0.29) is 19.0 Å². The van der Waals surface area contributed by atoms with E-state index in [1.165, 1.54) is 22.5 Å². The summed E-state index contributed by atoms with van der Waals surface area (Å²) in [6, 6.07) is 11.3. The molecular weight excluding hydrogens is 423 g/mol. The minimum atomic E-state index is -3.29. The van der Waals surface area contributed by atoms with Crippen molar-refractivity contribution in [3.8, 4) is 0 Å². The number of benzene rings is 1. The van der Waals surface area contributed by atoms with Gasteiger partial charge >= 0.3 is 6.16 Å². The van der Waals surface area contributed by atoms with E-state index in [9.17, 15) is 17.6 Å². The van der Waals surface area contributed by atoms with E-state index >= 15 is 0 Å². The molecule has 0 unspecified atom stereocenters. The Bertz CT molecular complexity index is 976. The Morgan fingerprint density at radius 3 is 2.58 bits per heavy atom. The zero-order valence-corrected chi connectivity index (χ0v) is 18.3. The predicted molar refractivity (Wildman–Crippen MR) is 113 cm³/mol. The number of nitrogens with zero attached hydrogens (tertiary/aromatic N) is 2. The summed E-state index contributed by atoms with van der Waals surface area (Å²) in [6.45, 7) is 2.42. The van der Waals surface area contributed by atoms with Crippen LogP contribution in [0.1, 0.15) is 37.4 Å². The van der Waals surface area contributed by atoms with E-state index in [2.05, 4.69) is 4.98 Å². The highest BCUT2D eigenvalue weighted by Gasteiger charge is 2.41. The van der Waals surface area contributed by atoms with Crippen LogP contribution in [0.3, 0.4) is 0 Å². The van der Waals surface area contributed by atoms with Gasteiger partial charge in [0.1, 0.15) is 19.0 Å². The van der Waals surface area contributed by atoms with Crippen LogP contribution in [-0.4, -0.2) is 49.3 Å². The Morgan fingerprint density at radius 1 is 1.16 bits per heavy atom. The summed E-state index contributed by atoms with van der Waals surface area (Å²) in [5, 5.41) is 0. The average Bonchev–Trinajstić information content (AvgIpc) is 2.77. The number of aromatic nitrogens is 1.